The molecule has 3 aromatic rings. The minimum absolute atomic E-state index is 0.0388. The van der Waals surface area contributed by atoms with Gasteiger partial charge in [-0.2, -0.15) is 0 Å². The van der Waals surface area contributed by atoms with E-state index in [1.807, 2.05) is 18.2 Å². The highest BCUT2D eigenvalue weighted by Gasteiger charge is 2.23. The number of amides is 1. The van der Waals surface area contributed by atoms with Gasteiger partial charge >= 0.3 is 0 Å². The van der Waals surface area contributed by atoms with Gasteiger partial charge in [-0.05, 0) is 61.0 Å². The molecule has 2 unspecified atom stereocenters. The fourth-order valence-electron chi connectivity index (χ4n) is 4.42. The fourth-order valence-corrected chi connectivity index (χ4v) is 4.42. The van der Waals surface area contributed by atoms with Crippen molar-refractivity contribution >= 4 is 39.4 Å². The van der Waals surface area contributed by atoms with Crippen molar-refractivity contribution in [2.24, 2.45) is 0 Å². The molecule has 1 fully saturated rings. The molecule has 6 nitrogen and oxygen atoms in total. The zero-order valence-electron chi connectivity index (χ0n) is 18.1. The Morgan fingerprint density at radius 1 is 0.903 bits per heavy atom. The second kappa shape index (κ2) is 7.78. The smallest absolute Gasteiger partial charge is 0.264 e. The van der Waals surface area contributed by atoms with E-state index in [9.17, 15) is 4.79 Å². The van der Waals surface area contributed by atoms with Crippen molar-refractivity contribution in [2.75, 3.05) is 41.9 Å². The van der Waals surface area contributed by atoms with Gasteiger partial charge in [0.25, 0.3) is 5.91 Å². The Bertz CT molecular complexity index is 1140. The summed E-state index contributed by atoms with van der Waals surface area (Å²) >= 11 is 0. The number of benzene rings is 3. The number of hydrogen-bond donors (Lipinski definition) is 1. The van der Waals surface area contributed by atoms with E-state index in [4.69, 9.17) is 9.47 Å². The molecule has 31 heavy (non-hydrogen) atoms. The summed E-state index contributed by atoms with van der Waals surface area (Å²) in [6.45, 7) is 6.16. The lowest BCUT2D eigenvalue weighted by Gasteiger charge is -2.37. The third kappa shape index (κ3) is 3.91. The summed E-state index contributed by atoms with van der Waals surface area (Å²) in [5, 5.41) is 5.85. The summed E-state index contributed by atoms with van der Waals surface area (Å²) in [6, 6.07) is 18.8. The van der Waals surface area contributed by atoms with Crippen molar-refractivity contribution in [3.05, 3.63) is 54.6 Å². The largest absolute Gasteiger partial charge is 0.481 e. The Hall–Kier alpha value is -3.25. The van der Waals surface area contributed by atoms with Crippen LogP contribution in [-0.2, 0) is 9.53 Å². The van der Waals surface area contributed by atoms with Crippen LogP contribution >= 0.6 is 0 Å². The van der Waals surface area contributed by atoms with Gasteiger partial charge < -0.3 is 24.6 Å². The van der Waals surface area contributed by atoms with Gasteiger partial charge in [-0.25, -0.2) is 0 Å². The summed E-state index contributed by atoms with van der Waals surface area (Å²) in [7, 11) is 1.77. The standard InChI is InChI=1S/C25H27N3O3/c1-16-13-28(14-17(2)31-16)22-8-5-18-10-20(6-4-19(18)11-22)26-21-7-9-23-24(12-21)30-15-25(29)27(23)3/h4-12,16-17,26H,13-15H2,1-3H3. The third-order valence-corrected chi connectivity index (χ3v) is 5.94. The van der Waals surface area contributed by atoms with Crippen LogP contribution in [0.4, 0.5) is 22.7 Å². The van der Waals surface area contributed by atoms with Gasteiger partial charge in [0.05, 0.1) is 17.9 Å². The summed E-state index contributed by atoms with van der Waals surface area (Å²) in [5.74, 6) is 0.676. The normalized spacial score (nSPS) is 21.1. The number of rotatable bonds is 3. The first-order chi connectivity index (χ1) is 15.0. The molecule has 1 saturated heterocycles. The first-order valence-electron chi connectivity index (χ1n) is 10.7. The quantitative estimate of drug-likeness (QED) is 0.678. The van der Waals surface area contributed by atoms with Gasteiger partial charge in [0.15, 0.2) is 6.61 Å². The molecule has 0 radical (unpaired) electrons. The highest BCUT2D eigenvalue weighted by atomic mass is 16.5. The topological polar surface area (TPSA) is 54.0 Å². The molecule has 2 aliphatic heterocycles. The van der Waals surface area contributed by atoms with Crippen LogP contribution in [0.15, 0.2) is 54.6 Å². The number of carbonyl (C=O) groups is 1. The summed E-state index contributed by atoms with van der Waals surface area (Å²) in [6.07, 6.45) is 0.481. The average Bonchev–Trinajstić information content (AvgIpc) is 2.75. The van der Waals surface area contributed by atoms with E-state index in [1.165, 1.54) is 16.5 Å². The maximum atomic E-state index is 11.8. The Balaban J connectivity index is 1.36. The third-order valence-electron chi connectivity index (χ3n) is 5.94. The first kappa shape index (κ1) is 19.7. The molecule has 160 valence electrons. The van der Waals surface area contributed by atoms with E-state index in [1.54, 1.807) is 11.9 Å². The van der Waals surface area contributed by atoms with Crippen molar-refractivity contribution < 1.29 is 14.3 Å². The van der Waals surface area contributed by atoms with Crippen LogP contribution in [0.3, 0.4) is 0 Å². The Labute approximate surface area is 182 Å². The summed E-state index contributed by atoms with van der Waals surface area (Å²) in [5.41, 5.74) is 3.96. The number of fused-ring (bicyclic) bond motifs is 2. The lowest BCUT2D eigenvalue weighted by molar-refractivity contribution is -0.120. The Morgan fingerprint density at radius 3 is 2.39 bits per heavy atom. The van der Waals surface area contributed by atoms with E-state index in [0.29, 0.717) is 5.75 Å². The number of nitrogens with one attached hydrogen (secondary N) is 1. The number of morpholine rings is 1. The van der Waals surface area contributed by atoms with Crippen LogP contribution in [0.25, 0.3) is 10.8 Å². The van der Waals surface area contributed by atoms with Crippen LogP contribution in [0.2, 0.25) is 0 Å². The molecule has 5 rings (SSSR count). The predicted octanol–water partition coefficient (Wildman–Crippen LogP) is 4.55. The molecule has 3 aromatic carbocycles. The van der Waals surface area contributed by atoms with Gasteiger partial charge in [-0.3, -0.25) is 4.79 Å². The molecule has 2 heterocycles. The number of carbonyl (C=O) groups excluding carboxylic acids is 1. The van der Waals surface area contributed by atoms with Crippen molar-refractivity contribution in [1.29, 1.82) is 0 Å². The zero-order chi connectivity index (χ0) is 21.5. The molecule has 1 N–H and O–H groups in total. The van der Waals surface area contributed by atoms with Gasteiger partial charge in [-0.1, -0.05) is 12.1 Å². The zero-order valence-corrected chi connectivity index (χ0v) is 18.1. The van der Waals surface area contributed by atoms with E-state index in [0.717, 1.165) is 30.2 Å². The van der Waals surface area contributed by atoms with Crippen molar-refractivity contribution in [3.63, 3.8) is 0 Å². The van der Waals surface area contributed by atoms with E-state index in [2.05, 4.69) is 60.5 Å². The van der Waals surface area contributed by atoms with Crippen LogP contribution < -0.4 is 19.9 Å². The molecule has 0 saturated carbocycles. The minimum atomic E-state index is -0.0388. The van der Waals surface area contributed by atoms with Gasteiger partial charge in [0.2, 0.25) is 0 Å². The van der Waals surface area contributed by atoms with Crippen molar-refractivity contribution in [2.45, 2.75) is 26.1 Å². The molecule has 2 atom stereocenters. The maximum Gasteiger partial charge on any atom is 0.264 e. The number of nitrogens with zero attached hydrogens (tertiary/aromatic N) is 2. The highest BCUT2D eigenvalue weighted by molar-refractivity contribution is 5.97. The highest BCUT2D eigenvalue weighted by Crippen LogP contribution is 2.35. The van der Waals surface area contributed by atoms with E-state index < -0.39 is 0 Å². The molecule has 0 bridgehead atoms. The number of hydrogen-bond acceptors (Lipinski definition) is 5. The van der Waals surface area contributed by atoms with E-state index >= 15 is 0 Å². The second-order valence-electron chi connectivity index (χ2n) is 8.46. The first-order valence-corrected chi connectivity index (χ1v) is 10.7. The van der Waals surface area contributed by atoms with Crippen LogP contribution in [-0.4, -0.2) is 44.9 Å². The number of anilines is 4. The fraction of sp³-hybridized carbons (Fsp3) is 0.320. The minimum Gasteiger partial charge on any atom is -0.481 e. The maximum absolute atomic E-state index is 11.8. The SMILES string of the molecule is CC1CN(c2ccc3cc(Nc4ccc5c(c4)OCC(=O)N5C)ccc3c2)CC(C)O1. The molecule has 6 heteroatoms. The van der Waals surface area contributed by atoms with Gasteiger partial charge in [0.1, 0.15) is 5.75 Å². The van der Waals surface area contributed by atoms with Crippen molar-refractivity contribution in [3.8, 4) is 5.75 Å². The molecule has 0 aliphatic carbocycles. The molecule has 2 aliphatic rings. The van der Waals surface area contributed by atoms with Crippen LogP contribution in [0, 0.1) is 0 Å². The Kier molecular flexibility index (Phi) is 4.94. The summed E-state index contributed by atoms with van der Waals surface area (Å²) < 4.78 is 11.5. The average molecular weight is 418 g/mol. The lowest BCUT2D eigenvalue weighted by atomic mass is 10.1. The number of ether oxygens (including phenoxy) is 2. The predicted molar refractivity (Wildman–Crippen MR) is 125 cm³/mol. The molecule has 0 aromatic heterocycles. The molecular weight excluding hydrogens is 390 g/mol. The van der Waals surface area contributed by atoms with Crippen LogP contribution in [0.1, 0.15) is 13.8 Å². The number of likely N-dealkylation sites (N-methyl/N-ethyl adjacent to an activating group) is 1. The Morgan fingerprint density at radius 2 is 1.58 bits per heavy atom. The summed E-state index contributed by atoms with van der Waals surface area (Å²) in [4.78, 5) is 15.8. The molecule has 0 spiro atoms. The van der Waals surface area contributed by atoms with E-state index in [-0.39, 0.29) is 24.7 Å². The molecular formula is C25H27N3O3. The van der Waals surface area contributed by atoms with Gasteiger partial charge in [-0.15, -0.1) is 0 Å². The van der Waals surface area contributed by atoms with Crippen LogP contribution in [0.5, 0.6) is 5.75 Å². The molecule has 1 amide bonds. The second-order valence-corrected chi connectivity index (χ2v) is 8.46. The van der Waals surface area contributed by atoms with Gasteiger partial charge in [0, 0.05) is 43.3 Å². The van der Waals surface area contributed by atoms with Crippen molar-refractivity contribution in [1.82, 2.24) is 0 Å². The monoisotopic (exact) mass is 417 g/mol. The lowest BCUT2D eigenvalue weighted by Crippen LogP contribution is -2.45.